The summed E-state index contributed by atoms with van der Waals surface area (Å²) in [6, 6.07) is 4.08. The van der Waals surface area contributed by atoms with Gasteiger partial charge in [-0.2, -0.15) is 0 Å². The first kappa shape index (κ1) is 11.1. The van der Waals surface area contributed by atoms with Crippen molar-refractivity contribution in [1.82, 2.24) is 9.88 Å². The van der Waals surface area contributed by atoms with Gasteiger partial charge in [0.05, 0.1) is 11.0 Å². The molecule has 1 aromatic rings. The number of likely N-dealkylation sites (N-methyl/N-ethyl adjacent to an activating group) is 1. The van der Waals surface area contributed by atoms with Gasteiger partial charge >= 0.3 is 0 Å². The number of aromatic nitrogens is 1. The SMILES string of the molecule is CC(C(N)=S)N(C)Cc1cccnc1. The molecular weight excluding hydrogens is 194 g/mol. The minimum absolute atomic E-state index is 0.116. The standard InChI is InChI=1S/C10H15N3S/c1-8(10(11)14)13(2)7-9-4-3-5-12-6-9/h3-6,8H,7H2,1-2H3,(H2,11,14). The summed E-state index contributed by atoms with van der Waals surface area (Å²) in [7, 11) is 2.00. The first-order chi connectivity index (χ1) is 6.61. The minimum atomic E-state index is 0.116. The maximum atomic E-state index is 5.56. The molecule has 1 atom stereocenters. The van der Waals surface area contributed by atoms with Crippen LogP contribution in [0.5, 0.6) is 0 Å². The minimum Gasteiger partial charge on any atom is -0.392 e. The molecule has 0 saturated carbocycles. The predicted molar refractivity (Wildman–Crippen MR) is 62.0 cm³/mol. The molecule has 14 heavy (non-hydrogen) atoms. The molecule has 0 aromatic carbocycles. The Morgan fingerprint density at radius 3 is 2.93 bits per heavy atom. The van der Waals surface area contributed by atoms with Crippen LogP contribution in [0.2, 0.25) is 0 Å². The van der Waals surface area contributed by atoms with E-state index in [1.165, 1.54) is 0 Å². The summed E-state index contributed by atoms with van der Waals surface area (Å²) in [5, 5.41) is 0. The van der Waals surface area contributed by atoms with Gasteiger partial charge in [0.25, 0.3) is 0 Å². The van der Waals surface area contributed by atoms with Gasteiger partial charge in [0.2, 0.25) is 0 Å². The van der Waals surface area contributed by atoms with Crippen molar-refractivity contribution in [2.75, 3.05) is 7.05 Å². The van der Waals surface area contributed by atoms with Crippen molar-refractivity contribution in [3.8, 4) is 0 Å². The molecular formula is C10H15N3S. The number of nitrogens with two attached hydrogens (primary N) is 1. The summed E-state index contributed by atoms with van der Waals surface area (Å²) in [4.78, 5) is 6.67. The molecule has 1 rings (SSSR count). The Kier molecular flexibility index (Phi) is 3.98. The van der Waals surface area contributed by atoms with Gasteiger partial charge in [-0.25, -0.2) is 0 Å². The molecule has 0 spiro atoms. The highest BCUT2D eigenvalue weighted by atomic mass is 32.1. The van der Waals surface area contributed by atoms with E-state index < -0.39 is 0 Å². The fraction of sp³-hybridized carbons (Fsp3) is 0.400. The highest BCUT2D eigenvalue weighted by molar-refractivity contribution is 7.80. The van der Waals surface area contributed by atoms with Crippen molar-refractivity contribution in [2.24, 2.45) is 5.73 Å². The maximum Gasteiger partial charge on any atom is 0.0899 e. The van der Waals surface area contributed by atoms with Gasteiger partial charge in [0, 0.05) is 18.9 Å². The number of nitrogens with zero attached hydrogens (tertiary/aromatic N) is 2. The summed E-state index contributed by atoms with van der Waals surface area (Å²) < 4.78 is 0. The molecule has 4 heteroatoms. The van der Waals surface area contributed by atoms with E-state index in [9.17, 15) is 0 Å². The van der Waals surface area contributed by atoms with Gasteiger partial charge in [0.15, 0.2) is 0 Å². The Labute approximate surface area is 89.9 Å². The van der Waals surface area contributed by atoms with E-state index in [1.807, 2.05) is 32.3 Å². The zero-order chi connectivity index (χ0) is 10.6. The fourth-order valence-corrected chi connectivity index (χ4v) is 1.31. The molecule has 2 N–H and O–H groups in total. The molecule has 1 aromatic heterocycles. The molecule has 0 bridgehead atoms. The molecule has 0 fully saturated rings. The Morgan fingerprint density at radius 1 is 1.71 bits per heavy atom. The highest BCUT2D eigenvalue weighted by Crippen LogP contribution is 2.04. The van der Waals surface area contributed by atoms with E-state index >= 15 is 0 Å². The second kappa shape index (κ2) is 5.02. The molecule has 0 saturated heterocycles. The number of hydrogen-bond acceptors (Lipinski definition) is 3. The third kappa shape index (κ3) is 3.05. The van der Waals surface area contributed by atoms with Gasteiger partial charge in [-0.1, -0.05) is 18.3 Å². The van der Waals surface area contributed by atoms with Crippen molar-refractivity contribution in [2.45, 2.75) is 19.5 Å². The van der Waals surface area contributed by atoms with E-state index in [-0.39, 0.29) is 6.04 Å². The largest absolute Gasteiger partial charge is 0.392 e. The molecule has 0 aliphatic carbocycles. The van der Waals surface area contributed by atoms with Crippen molar-refractivity contribution < 1.29 is 0 Å². The lowest BCUT2D eigenvalue weighted by atomic mass is 10.2. The summed E-state index contributed by atoms with van der Waals surface area (Å²) in [5.74, 6) is 0. The van der Waals surface area contributed by atoms with Gasteiger partial charge in [0.1, 0.15) is 0 Å². The zero-order valence-corrected chi connectivity index (χ0v) is 9.29. The van der Waals surface area contributed by atoms with Gasteiger partial charge in [-0.15, -0.1) is 0 Å². The van der Waals surface area contributed by atoms with Crippen LogP contribution in [0.4, 0.5) is 0 Å². The van der Waals surface area contributed by atoms with Gasteiger partial charge in [-0.05, 0) is 25.6 Å². The van der Waals surface area contributed by atoms with Crippen LogP contribution in [0, 0.1) is 0 Å². The fourth-order valence-electron chi connectivity index (χ4n) is 1.13. The van der Waals surface area contributed by atoms with Gasteiger partial charge in [-0.3, -0.25) is 9.88 Å². The Morgan fingerprint density at radius 2 is 2.43 bits per heavy atom. The van der Waals surface area contributed by atoms with E-state index in [0.717, 1.165) is 12.1 Å². The van der Waals surface area contributed by atoms with Gasteiger partial charge < -0.3 is 5.73 Å². The molecule has 0 amide bonds. The molecule has 0 aliphatic rings. The average Bonchev–Trinajstić information content (AvgIpc) is 2.18. The van der Waals surface area contributed by atoms with Crippen LogP contribution in [0.1, 0.15) is 12.5 Å². The monoisotopic (exact) mass is 209 g/mol. The Bertz CT molecular complexity index is 299. The number of rotatable bonds is 4. The van der Waals surface area contributed by atoms with Crippen LogP contribution in [-0.4, -0.2) is 28.0 Å². The molecule has 1 unspecified atom stereocenters. The second-order valence-electron chi connectivity index (χ2n) is 3.35. The smallest absolute Gasteiger partial charge is 0.0899 e. The molecule has 3 nitrogen and oxygen atoms in total. The van der Waals surface area contributed by atoms with Crippen LogP contribution in [0.25, 0.3) is 0 Å². The van der Waals surface area contributed by atoms with Crippen molar-refractivity contribution in [3.63, 3.8) is 0 Å². The van der Waals surface area contributed by atoms with E-state index in [4.69, 9.17) is 18.0 Å². The lowest BCUT2D eigenvalue weighted by Crippen LogP contribution is -2.38. The van der Waals surface area contributed by atoms with Crippen LogP contribution in [0.15, 0.2) is 24.5 Å². The highest BCUT2D eigenvalue weighted by Gasteiger charge is 2.11. The van der Waals surface area contributed by atoms with Crippen molar-refractivity contribution in [1.29, 1.82) is 0 Å². The Balaban J connectivity index is 2.57. The van der Waals surface area contributed by atoms with Crippen LogP contribution < -0.4 is 5.73 Å². The van der Waals surface area contributed by atoms with E-state index in [1.54, 1.807) is 6.20 Å². The van der Waals surface area contributed by atoms with Crippen molar-refractivity contribution >= 4 is 17.2 Å². The number of pyridine rings is 1. The van der Waals surface area contributed by atoms with Crippen molar-refractivity contribution in [3.05, 3.63) is 30.1 Å². The molecule has 0 aliphatic heterocycles. The third-order valence-corrected chi connectivity index (χ3v) is 2.57. The maximum absolute atomic E-state index is 5.56. The van der Waals surface area contributed by atoms with Crippen LogP contribution >= 0.6 is 12.2 Å². The summed E-state index contributed by atoms with van der Waals surface area (Å²) in [5.41, 5.74) is 6.73. The topological polar surface area (TPSA) is 42.1 Å². The third-order valence-electron chi connectivity index (χ3n) is 2.23. The lowest BCUT2D eigenvalue weighted by Gasteiger charge is -2.23. The molecule has 76 valence electrons. The first-order valence-corrected chi connectivity index (χ1v) is 4.90. The normalized spacial score (nSPS) is 12.8. The quantitative estimate of drug-likeness (QED) is 0.756. The zero-order valence-electron chi connectivity index (χ0n) is 8.47. The summed E-state index contributed by atoms with van der Waals surface area (Å²) in [6.45, 7) is 2.81. The van der Waals surface area contributed by atoms with Crippen LogP contribution in [-0.2, 0) is 6.54 Å². The lowest BCUT2D eigenvalue weighted by molar-refractivity contribution is 0.304. The van der Waals surface area contributed by atoms with E-state index in [2.05, 4.69) is 9.88 Å². The average molecular weight is 209 g/mol. The van der Waals surface area contributed by atoms with Crippen LogP contribution in [0.3, 0.4) is 0 Å². The number of hydrogen-bond donors (Lipinski definition) is 1. The summed E-state index contributed by atoms with van der Waals surface area (Å²) in [6.07, 6.45) is 3.61. The molecule has 1 heterocycles. The Hall–Kier alpha value is -1.00. The summed E-state index contributed by atoms with van der Waals surface area (Å²) >= 11 is 4.93. The second-order valence-corrected chi connectivity index (χ2v) is 3.83. The first-order valence-electron chi connectivity index (χ1n) is 4.49. The number of thiocarbonyl (C=S) groups is 1. The predicted octanol–water partition coefficient (Wildman–Crippen LogP) is 1.19. The molecule has 0 radical (unpaired) electrons. The van der Waals surface area contributed by atoms with E-state index in [0.29, 0.717) is 4.99 Å².